The predicted molar refractivity (Wildman–Crippen MR) is 69.6 cm³/mol. The van der Waals surface area contributed by atoms with E-state index in [1.807, 2.05) is 18.2 Å². The summed E-state index contributed by atoms with van der Waals surface area (Å²) in [6.45, 7) is 11.9. The van der Waals surface area contributed by atoms with Crippen molar-refractivity contribution in [3.8, 4) is 0 Å². The Balaban J connectivity index is 0. The summed E-state index contributed by atoms with van der Waals surface area (Å²) in [7, 11) is 0. The van der Waals surface area contributed by atoms with Gasteiger partial charge < -0.3 is 5.11 Å². The van der Waals surface area contributed by atoms with Gasteiger partial charge in [-0.1, -0.05) is 63.6 Å². The normalized spacial score (nSPS) is 9.12. The van der Waals surface area contributed by atoms with E-state index in [-0.39, 0.29) is 0 Å². The van der Waals surface area contributed by atoms with Gasteiger partial charge in [0.15, 0.2) is 0 Å². The Bertz CT molecular complexity index is 261. The molecule has 0 saturated carbocycles. The van der Waals surface area contributed by atoms with E-state index in [9.17, 15) is 0 Å². The van der Waals surface area contributed by atoms with E-state index in [1.54, 1.807) is 0 Å². The molecule has 1 aromatic rings. The van der Waals surface area contributed by atoms with Gasteiger partial charge in [0.05, 0.1) is 0 Å². The maximum Gasteiger partial charge on any atom is 0.300 e. The van der Waals surface area contributed by atoms with Crippen molar-refractivity contribution in [1.82, 2.24) is 0 Å². The van der Waals surface area contributed by atoms with Crippen molar-refractivity contribution in [3.63, 3.8) is 0 Å². The van der Waals surface area contributed by atoms with Crippen molar-refractivity contribution in [2.75, 3.05) is 0 Å². The van der Waals surface area contributed by atoms with Gasteiger partial charge in [0.25, 0.3) is 5.97 Å². The lowest BCUT2D eigenvalue weighted by Gasteiger charge is -2.05. The topological polar surface area (TPSA) is 37.3 Å². The van der Waals surface area contributed by atoms with Crippen LogP contribution in [0.1, 0.15) is 40.2 Å². The minimum atomic E-state index is -0.833. The Hall–Kier alpha value is -1.31. The molecule has 0 amide bonds. The highest BCUT2D eigenvalue weighted by molar-refractivity contribution is 5.62. The lowest BCUT2D eigenvalue weighted by molar-refractivity contribution is -0.134. The molecule has 0 spiro atoms. The van der Waals surface area contributed by atoms with Crippen LogP contribution in [0.25, 0.3) is 0 Å². The molecule has 0 saturated heterocycles. The Morgan fingerprint density at radius 1 is 1.06 bits per heavy atom. The van der Waals surface area contributed by atoms with Crippen molar-refractivity contribution in [2.45, 2.75) is 41.5 Å². The second-order valence-corrected chi connectivity index (χ2v) is 5.17. The molecule has 92 valence electrons. The average Bonchev–Trinajstić information content (AvgIpc) is 2.00. The minimum Gasteiger partial charge on any atom is -0.481 e. The number of hydrogen-bond donors (Lipinski definition) is 1. The van der Waals surface area contributed by atoms with E-state index in [0.717, 1.165) is 6.92 Å². The highest BCUT2D eigenvalue weighted by Gasteiger charge is 1.95. The number of hydrogen-bond acceptors (Lipinski definition) is 1. The molecule has 0 aliphatic heterocycles. The summed E-state index contributed by atoms with van der Waals surface area (Å²) >= 11 is 0. The monoisotopic (exact) mass is 224 g/mol. The number of aryl methyl sites for hydroxylation is 1. The largest absolute Gasteiger partial charge is 0.481 e. The fourth-order valence-electron chi connectivity index (χ4n) is 0.534. The van der Waals surface area contributed by atoms with Crippen molar-refractivity contribution < 1.29 is 9.90 Å². The van der Waals surface area contributed by atoms with E-state index in [1.165, 1.54) is 5.56 Å². The molecule has 0 aromatic heterocycles. The molecular weight excluding hydrogens is 200 g/mol. The fourth-order valence-corrected chi connectivity index (χ4v) is 0.534. The zero-order valence-electron chi connectivity index (χ0n) is 11.2. The standard InChI is InChI=1S/C7H8.C5H12.C2H4O2/c1-7-5-3-2-4-6-7;1-5(2,3)4;1-2(3)4/h2-6H,1H3;1-4H3;1H3,(H,3,4). The molecule has 0 aliphatic rings. The molecule has 0 unspecified atom stereocenters. The molecule has 0 radical (unpaired) electrons. The first-order chi connectivity index (χ1) is 7.13. The van der Waals surface area contributed by atoms with E-state index < -0.39 is 5.97 Å². The van der Waals surface area contributed by atoms with Crippen LogP contribution in [0.3, 0.4) is 0 Å². The van der Waals surface area contributed by atoms with Crippen molar-refractivity contribution in [3.05, 3.63) is 35.9 Å². The molecule has 0 atom stereocenters. The van der Waals surface area contributed by atoms with E-state index >= 15 is 0 Å². The molecule has 2 nitrogen and oxygen atoms in total. The Morgan fingerprint density at radius 3 is 1.44 bits per heavy atom. The Kier molecular flexibility index (Phi) is 9.57. The number of aliphatic carboxylic acids is 1. The van der Waals surface area contributed by atoms with Gasteiger partial charge in [-0.2, -0.15) is 0 Å². The molecule has 1 N–H and O–H groups in total. The van der Waals surface area contributed by atoms with Crippen LogP contribution >= 0.6 is 0 Å². The van der Waals surface area contributed by atoms with Crippen LogP contribution in [0, 0.1) is 12.3 Å². The molecule has 0 aliphatic carbocycles. The van der Waals surface area contributed by atoms with Crippen molar-refractivity contribution in [1.29, 1.82) is 0 Å². The number of benzene rings is 1. The van der Waals surface area contributed by atoms with Crippen LogP contribution in [-0.4, -0.2) is 11.1 Å². The van der Waals surface area contributed by atoms with Gasteiger partial charge in [-0.05, 0) is 12.3 Å². The van der Waals surface area contributed by atoms with Gasteiger partial charge in [0.2, 0.25) is 0 Å². The quantitative estimate of drug-likeness (QED) is 0.719. The summed E-state index contributed by atoms with van der Waals surface area (Å²) in [4.78, 5) is 9.00. The van der Waals surface area contributed by atoms with Crippen LogP contribution in [0.15, 0.2) is 30.3 Å². The molecular formula is C14H24O2. The zero-order chi connectivity index (χ0) is 13.2. The van der Waals surface area contributed by atoms with E-state index in [4.69, 9.17) is 9.90 Å². The Morgan fingerprint density at radius 2 is 1.31 bits per heavy atom. The van der Waals surface area contributed by atoms with E-state index in [2.05, 4.69) is 46.8 Å². The molecule has 1 rings (SSSR count). The number of carbonyl (C=O) groups is 1. The first kappa shape index (κ1) is 17.1. The summed E-state index contributed by atoms with van der Waals surface area (Å²) in [5.74, 6) is -0.833. The van der Waals surface area contributed by atoms with Crippen LogP contribution in [0.2, 0.25) is 0 Å². The highest BCUT2D eigenvalue weighted by Crippen LogP contribution is 2.08. The van der Waals surface area contributed by atoms with Gasteiger partial charge in [-0.3, -0.25) is 4.79 Å². The molecule has 0 heterocycles. The van der Waals surface area contributed by atoms with Gasteiger partial charge in [-0.15, -0.1) is 0 Å². The minimum absolute atomic E-state index is 0.500. The second kappa shape index (κ2) is 8.96. The average molecular weight is 224 g/mol. The summed E-state index contributed by atoms with van der Waals surface area (Å²) in [5.41, 5.74) is 1.82. The lowest BCUT2D eigenvalue weighted by atomic mass is 10.0. The summed E-state index contributed by atoms with van der Waals surface area (Å²) in [6.07, 6.45) is 0. The van der Waals surface area contributed by atoms with Gasteiger partial charge in [-0.25, -0.2) is 0 Å². The first-order valence-electron chi connectivity index (χ1n) is 5.34. The number of carboxylic acids is 1. The Labute approximate surface area is 99.3 Å². The predicted octanol–water partition coefficient (Wildman–Crippen LogP) is 4.14. The van der Waals surface area contributed by atoms with Crippen molar-refractivity contribution in [2.24, 2.45) is 5.41 Å². The molecule has 1 aromatic carbocycles. The first-order valence-corrected chi connectivity index (χ1v) is 5.34. The van der Waals surface area contributed by atoms with Gasteiger partial charge >= 0.3 is 0 Å². The van der Waals surface area contributed by atoms with Crippen LogP contribution in [0.4, 0.5) is 0 Å². The third kappa shape index (κ3) is 38.7. The second-order valence-electron chi connectivity index (χ2n) is 5.17. The van der Waals surface area contributed by atoms with Crippen LogP contribution < -0.4 is 0 Å². The third-order valence-corrected chi connectivity index (χ3v) is 0.940. The van der Waals surface area contributed by atoms with Crippen molar-refractivity contribution >= 4 is 5.97 Å². The molecule has 2 heteroatoms. The summed E-state index contributed by atoms with van der Waals surface area (Å²) in [5, 5.41) is 7.42. The molecule has 16 heavy (non-hydrogen) atoms. The SMILES string of the molecule is CC(=O)O.CC(C)(C)C.Cc1ccccc1. The third-order valence-electron chi connectivity index (χ3n) is 0.940. The van der Waals surface area contributed by atoms with Crippen LogP contribution in [-0.2, 0) is 4.79 Å². The summed E-state index contributed by atoms with van der Waals surface area (Å²) in [6, 6.07) is 10.3. The van der Waals surface area contributed by atoms with E-state index in [0.29, 0.717) is 5.41 Å². The fraction of sp³-hybridized carbons (Fsp3) is 0.500. The van der Waals surface area contributed by atoms with Gasteiger partial charge in [0, 0.05) is 6.92 Å². The molecule has 0 bridgehead atoms. The summed E-state index contributed by atoms with van der Waals surface area (Å²) < 4.78 is 0. The lowest BCUT2D eigenvalue weighted by Crippen LogP contribution is -1.93. The maximum atomic E-state index is 9.00. The van der Waals surface area contributed by atoms with Gasteiger partial charge in [0.1, 0.15) is 0 Å². The zero-order valence-corrected chi connectivity index (χ0v) is 11.2. The maximum absolute atomic E-state index is 9.00. The smallest absolute Gasteiger partial charge is 0.300 e. The van der Waals surface area contributed by atoms with Crippen LogP contribution in [0.5, 0.6) is 0 Å². The highest BCUT2D eigenvalue weighted by atomic mass is 16.4. The number of carboxylic acid groups (broad SMARTS) is 1. The number of rotatable bonds is 0. The molecule has 0 fully saturated rings.